The van der Waals surface area contributed by atoms with E-state index in [9.17, 15) is 0 Å². The molecule has 0 saturated heterocycles. The van der Waals surface area contributed by atoms with Gasteiger partial charge in [-0.3, -0.25) is 0 Å². The van der Waals surface area contributed by atoms with Crippen molar-refractivity contribution in [1.29, 1.82) is 0 Å². The van der Waals surface area contributed by atoms with Gasteiger partial charge in [-0.2, -0.15) is 0 Å². The number of nitrogens with two attached hydrogens (primary N) is 1. The van der Waals surface area contributed by atoms with E-state index in [2.05, 4.69) is 30.7 Å². The van der Waals surface area contributed by atoms with Crippen LogP contribution < -0.4 is 5.73 Å². The highest BCUT2D eigenvalue weighted by atomic mass is 79.9. The average Bonchev–Trinajstić information content (AvgIpc) is 2.48. The fraction of sp³-hybridized carbons (Fsp3) is 0.714. The molecule has 2 heterocycles. The highest BCUT2D eigenvalue weighted by molar-refractivity contribution is 9.10. The smallest absolute Gasteiger partial charge is 0.200 e. The molecule has 0 bridgehead atoms. The van der Waals surface area contributed by atoms with Crippen LogP contribution in [0.3, 0.4) is 0 Å². The maximum Gasteiger partial charge on any atom is 0.200 e. The van der Waals surface area contributed by atoms with Crippen LogP contribution in [0.1, 0.15) is 24.7 Å². The van der Waals surface area contributed by atoms with Gasteiger partial charge in [-0.05, 0) is 28.8 Å². The second kappa shape index (κ2) is 3.14. The summed E-state index contributed by atoms with van der Waals surface area (Å²) in [4.78, 5) is 0. The standard InChI is InChI=1S/C7H11BrN4/c8-7-11-10-6-3-1-2-5(4-9)12(6)7/h5H,1-4,9H2. The van der Waals surface area contributed by atoms with Crippen LogP contribution in [-0.2, 0) is 6.42 Å². The minimum Gasteiger partial charge on any atom is -0.328 e. The first-order valence-electron chi connectivity index (χ1n) is 4.12. The van der Waals surface area contributed by atoms with Gasteiger partial charge >= 0.3 is 0 Å². The molecule has 1 aliphatic heterocycles. The first-order chi connectivity index (χ1) is 5.83. The predicted octanol–water partition coefficient (Wildman–Crippen LogP) is 0.877. The Hall–Kier alpha value is -0.420. The predicted molar refractivity (Wildman–Crippen MR) is 48.8 cm³/mol. The van der Waals surface area contributed by atoms with Crippen LogP contribution in [0.5, 0.6) is 0 Å². The van der Waals surface area contributed by atoms with E-state index in [1.165, 1.54) is 6.42 Å². The zero-order valence-corrected chi connectivity index (χ0v) is 8.29. The number of fused-ring (bicyclic) bond motifs is 1. The van der Waals surface area contributed by atoms with Gasteiger partial charge in [0.1, 0.15) is 5.82 Å². The molecule has 0 aliphatic carbocycles. The van der Waals surface area contributed by atoms with E-state index in [1.807, 2.05) is 0 Å². The van der Waals surface area contributed by atoms with Crippen LogP contribution in [0.2, 0.25) is 0 Å². The average molecular weight is 231 g/mol. The highest BCUT2D eigenvalue weighted by Gasteiger charge is 2.22. The topological polar surface area (TPSA) is 56.7 Å². The van der Waals surface area contributed by atoms with E-state index in [4.69, 9.17) is 5.73 Å². The highest BCUT2D eigenvalue weighted by Crippen LogP contribution is 2.26. The summed E-state index contributed by atoms with van der Waals surface area (Å²) in [6, 6.07) is 0.387. The molecule has 0 radical (unpaired) electrons. The number of rotatable bonds is 1. The summed E-state index contributed by atoms with van der Waals surface area (Å²) >= 11 is 3.37. The Labute approximate surface area is 79.3 Å². The van der Waals surface area contributed by atoms with Crippen molar-refractivity contribution in [2.45, 2.75) is 25.3 Å². The summed E-state index contributed by atoms with van der Waals surface area (Å²) in [5, 5.41) is 8.04. The van der Waals surface area contributed by atoms with Crippen molar-refractivity contribution >= 4 is 15.9 Å². The SMILES string of the molecule is NCC1CCCc2nnc(Br)n21. The maximum absolute atomic E-state index is 5.65. The van der Waals surface area contributed by atoms with Gasteiger partial charge in [0.15, 0.2) is 4.73 Å². The summed E-state index contributed by atoms with van der Waals surface area (Å²) in [7, 11) is 0. The third-order valence-electron chi connectivity index (χ3n) is 2.30. The lowest BCUT2D eigenvalue weighted by Gasteiger charge is -2.23. The molecular formula is C7H11BrN4. The number of hydrogen-bond donors (Lipinski definition) is 1. The second-order valence-corrected chi connectivity index (χ2v) is 3.75. The van der Waals surface area contributed by atoms with Gasteiger partial charge in [0.05, 0.1) is 0 Å². The molecule has 4 nitrogen and oxygen atoms in total. The van der Waals surface area contributed by atoms with Gasteiger partial charge in [0, 0.05) is 19.0 Å². The maximum atomic E-state index is 5.65. The van der Waals surface area contributed by atoms with Crippen LogP contribution in [0.4, 0.5) is 0 Å². The first-order valence-corrected chi connectivity index (χ1v) is 4.91. The monoisotopic (exact) mass is 230 g/mol. The molecule has 2 N–H and O–H groups in total. The van der Waals surface area contributed by atoms with E-state index in [-0.39, 0.29) is 0 Å². The van der Waals surface area contributed by atoms with E-state index in [0.29, 0.717) is 12.6 Å². The van der Waals surface area contributed by atoms with Crippen molar-refractivity contribution < 1.29 is 0 Å². The molecule has 0 amide bonds. The summed E-state index contributed by atoms with van der Waals surface area (Å²) in [6.45, 7) is 0.670. The first kappa shape index (κ1) is 8.19. The molecule has 2 rings (SSSR count). The van der Waals surface area contributed by atoms with E-state index in [0.717, 1.165) is 23.4 Å². The Bertz CT molecular complexity index is 283. The molecule has 1 aromatic heterocycles. The zero-order valence-electron chi connectivity index (χ0n) is 6.70. The van der Waals surface area contributed by atoms with Crippen molar-refractivity contribution in [1.82, 2.24) is 14.8 Å². The minimum absolute atomic E-state index is 0.387. The van der Waals surface area contributed by atoms with Crippen LogP contribution in [0.25, 0.3) is 0 Å². The number of hydrogen-bond acceptors (Lipinski definition) is 3. The molecule has 0 fully saturated rings. The Balaban J connectivity index is 2.41. The minimum atomic E-state index is 0.387. The zero-order chi connectivity index (χ0) is 8.55. The molecule has 0 spiro atoms. The van der Waals surface area contributed by atoms with Crippen molar-refractivity contribution in [3.05, 3.63) is 10.6 Å². The molecular weight excluding hydrogens is 220 g/mol. The summed E-state index contributed by atoms with van der Waals surface area (Å²) in [5.41, 5.74) is 5.65. The largest absolute Gasteiger partial charge is 0.328 e. The number of aromatic nitrogens is 3. The molecule has 5 heteroatoms. The lowest BCUT2D eigenvalue weighted by atomic mass is 10.1. The van der Waals surface area contributed by atoms with Gasteiger partial charge in [0.2, 0.25) is 0 Å². The van der Waals surface area contributed by atoms with Gasteiger partial charge in [-0.25, -0.2) is 0 Å². The Morgan fingerprint density at radius 2 is 2.42 bits per heavy atom. The normalized spacial score (nSPS) is 22.3. The molecule has 1 atom stereocenters. The third kappa shape index (κ3) is 1.17. The Kier molecular flexibility index (Phi) is 2.14. The van der Waals surface area contributed by atoms with Crippen molar-refractivity contribution in [3.8, 4) is 0 Å². The molecule has 1 aliphatic rings. The van der Waals surface area contributed by atoms with Gasteiger partial charge in [0.25, 0.3) is 0 Å². The summed E-state index contributed by atoms with van der Waals surface area (Å²) in [6.07, 6.45) is 3.34. The van der Waals surface area contributed by atoms with Crippen molar-refractivity contribution in [3.63, 3.8) is 0 Å². The van der Waals surface area contributed by atoms with Gasteiger partial charge in [-0.1, -0.05) is 0 Å². The Morgan fingerprint density at radius 1 is 1.58 bits per heavy atom. The van der Waals surface area contributed by atoms with Crippen LogP contribution >= 0.6 is 15.9 Å². The van der Waals surface area contributed by atoms with Gasteiger partial charge in [-0.15, -0.1) is 10.2 Å². The van der Waals surface area contributed by atoms with Gasteiger partial charge < -0.3 is 10.3 Å². The lowest BCUT2D eigenvalue weighted by molar-refractivity contribution is 0.398. The number of halogens is 1. The number of nitrogens with zero attached hydrogens (tertiary/aromatic N) is 3. The fourth-order valence-electron chi connectivity index (χ4n) is 1.68. The molecule has 0 aromatic carbocycles. The molecule has 1 unspecified atom stereocenters. The molecule has 12 heavy (non-hydrogen) atoms. The number of aryl methyl sites for hydroxylation is 1. The van der Waals surface area contributed by atoms with Crippen LogP contribution in [0, 0.1) is 0 Å². The van der Waals surface area contributed by atoms with Crippen molar-refractivity contribution in [2.75, 3.05) is 6.54 Å². The lowest BCUT2D eigenvalue weighted by Crippen LogP contribution is -2.25. The van der Waals surface area contributed by atoms with Crippen LogP contribution in [0.15, 0.2) is 4.73 Å². The fourth-order valence-corrected chi connectivity index (χ4v) is 2.26. The summed E-state index contributed by atoms with van der Waals surface area (Å²) in [5.74, 6) is 1.06. The summed E-state index contributed by atoms with van der Waals surface area (Å²) < 4.78 is 2.91. The van der Waals surface area contributed by atoms with Crippen molar-refractivity contribution in [2.24, 2.45) is 5.73 Å². The van der Waals surface area contributed by atoms with Crippen LogP contribution in [-0.4, -0.2) is 21.3 Å². The second-order valence-electron chi connectivity index (χ2n) is 3.04. The molecule has 1 aromatic rings. The van der Waals surface area contributed by atoms with E-state index >= 15 is 0 Å². The molecule has 0 saturated carbocycles. The third-order valence-corrected chi connectivity index (χ3v) is 2.84. The Morgan fingerprint density at radius 3 is 3.17 bits per heavy atom. The quantitative estimate of drug-likeness (QED) is 0.780. The molecule has 66 valence electrons. The van der Waals surface area contributed by atoms with E-state index < -0.39 is 0 Å². The van der Waals surface area contributed by atoms with E-state index in [1.54, 1.807) is 0 Å².